The van der Waals surface area contributed by atoms with Crippen LogP contribution in [0, 0.1) is 5.92 Å². The molecule has 2 bridgehead atoms. The molecule has 2 aromatic carbocycles. The molecule has 1 aliphatic heterocycles. The molecule has 2 aromatic rings. The van der Waals surface area contributed by atoms with Crippen molar-refractivity contribution in [3.8, 4) is 0 Å². The van der Waals surface area contributed by atoms with E-state index in [-0.39, 0.29) is 0 Å². The fourth-order valence-corrected chi connectivity index (χ4v) is 4.08. The van der Waals surface area contributed by atoms with Crippen LogP contribution in [0.2, 0.25) is 0 Å². The van der Waals surface area contributed by atoms with E-state index in [2.05, 4.69) is 59.5 Å². The third kappa shape index (κ3) is 2.27. The molecule has 1 aliphatic carbocycles. The minimum atomic E-state index is 0.752. The van der Waals surface area contributed by atoms with Gasteiger partial charge in [-0.2, -0.15) is 0 Å². The minimum absolute atomic E-state index is 0.752. The van der Waals surface area contributed by atoms with Crippen molar-refractivity contribution in [2.45, 2.75) is 25.3 Å². The van der Waals surface area contributed by atoms with Gasteiger partial charge in [0.25, 0.3) is 0 Å². The van der Waals surface area contributed by atoms with Crippen molar-refractivity contribution in [2.24, 2.45) is 5.92 Å². The van der Waals surface area contributed by atoms with Crippen molar-refractivity contribution in [3.63, 3.8) is 0 Å². The second-order valence-electron chi connectivity index (χ2n) is 6.38. The molecule has 1 fully saturated rings. The molecule has 0 amide bonds. The number of likely N-dealkylation sites (tertiary alicyclic amines) is 1. The van der Waals surface area contributed by atoms with E-state index >= 15 is 0 Å². The number of nitrogens with zero attached hydrogens (tertiary/aromatic N) is 1. The topological polar surface area (TPSA) is 3.24 Å². The molecule has 0 N–H and O–H groups in total. The highest BCUT2D eigenvalue weighted by molar-refractivity contribution is 5.34. The molecule has 0 saturated carbocycles. The van der Waals surface area contributed by atoms with Crippen molar-refractivity contribution in [1.29, 1.82) is 0 Å². The zero-order valence-corrected chi connectivity index (χ0v) is 11.8. The average Bonchev–Trinajstić information content (AvgIpc) is 2.48. The summed E-state index contributed by atoms with van der Waals surface area (Å²) < 4.78 is 0. The predicted octanol–water partition coefficient (Wildman–Crippen LogP) is 3.85. The number of benzene rings is 2. The molecule has 0 spiro atoms. The van der Waals surface area contributed by atoms with E-state index in [1.54, 1.807) is 11.1 Å². The van der Waals surface area contributed by atoms with Crippen LogP contribution in [-0.2, 0) is 13.0 Å². The minimum Gasteiger partial charge on any atom is -0.298 e. The zero-order valence-electron chi connectivity index (χ0n) is 11.8. The van der Waals surface area contributed by atoms with E-state index < -0.39 is 0 Å². The van der Waals surface area contributed by atoms with Gasteiger partial charge in [0.1, 0.15) is 0 Å². The lowest BCUT2D eigenvalue weighted by Gasteiger charge is -2.42. The summed E-state index contributed by atoms with van der Waals surface area (Å²) in [5.74, 6) is 1.61. The fraction of sp³-hybridized carbons (Fsp3) is 0.368. The molecular weight excluding hydrogens is 242 g/mol. The van der Waals surface area contributed by atoms with Crippen molar-refractivity contribution >= 4 is 0 Å². The van der Waals surface area contributed by atoms with Gasteiger partial charge < -0.3 is 0 Å². The lowest BCUT2D eigenvalue weighted by atomic mass is 9.74. The number of piperidine rings is 1. The first-order chi connectivity index (χ1) is 9.88. The molecule has 0 aromatic heterocycles. The second-order valence-corrected chi connectivity index (χ2v) is 6.38. The summed E-state index contributed by atoms with van der Waals surface area (Å²) in [6.45, 7) is 3.60. The lowest BCUT2D eigenvalue weighted by molar-refractivity contribution is 0.138. The maximum absolute atomic E-state index is 2.66. The van der Waals surface area contributed by atoms with Gasteiger partial charge in [-0.15, -0.1) is 0 Å². The maximum Gasteiger partial charge on any atom is 0.0234 e. The van der Waals surface area contributed by atoms with Crippen molar-refractivity contribution in [1.82, 2.24) is 4.90 Å². The van der Waals surface area contributed by atoms with Crippen LogP contribution in [0.1, 0.15) is 29.0 Å². The third-order valence-electron chi connectivity index (χ3n) is 4.87. The van der Waals surface area contributed by atoms with Gasteiger partial charge in [0.05, 0.1) is 0 Å². The van der Waals surface area contributed by atoms with Crippen molar-refractivity contribution < 1.29 is 0 Å². The molecular formula is C19H21N. The predicted molar refractivity (Wildman–Crippen MR) is 82.7 cm³/mol. The molecule has 102 valence electrons. The first-order valence-corrected chi connectivity index (χ1v) is 7.72. The summed E-state index contributed by atoms with van der Waals surface area (Å²) in [5.41, 5.74) is 4.66. The van der Waals surface area contributed by atoms with Crippen molar-refractivity contribution in [2.75, 3.05) is 13.1 Å². The summed E-state index contributed by atoms with van der Waals surface area (Å²) in [6.07, 6.45) is 2.67. The highest BCUT2D eigenvalue weighted by Crippen LogP contribution is 2.39. The summed E-state index contributed by atoms with van der Waals surface area (Å²) in [5, 5.41) is 0. The Morgan fingerprint density at radius 1 is 0.900 bits per heavy atom. The van der Waals surface area contributed by atoms with Gasteiger partial charge in [-0.25, -0.2) is 0 Å². The van der Waals surface area contributed by atoms with Gasteiger partial charge in [0, 0.05) is 19.6 Å². The summed E-state index contributed by atoms with van der Waals surface area (Å²) in [4.78, 5) is 2.66. The Kier molecular flexibility index (Phi) is 3.08. The molecule has 1 heterocycles. The lowest BCUT2D eigenvalue weighted by Crippen LogP contribution is -2.42. The Labute approximate surface area is 121 Å². The molecule has 1 heteroatoms. The molecule has 2 aliphatic rings. The highest BCUT2D eigenvalue weighted by atomic mass is 15.1. The Bertz CT molecular complexity index is 590. The Hall–Kier alpha value is -1.60. The van der Waals surface area contributed by atoms with E-state index in [9.17, 15) is 0 Å². The highest BCUT2D eigenvalue weighted by Gasteiger charge is 2.33. The number of hydrogen-bond acceptors (Lipinski definition) is 1. The standard InChI is InChI=1S/C19H21N/c1-2-6-15(7-3-1)12-20-13-16-10-17-8-4-5-9-19(17)18(11-16)14-20/h1-9,16,18H,10-14H2. The monoisotopic (exact) mass is 263 g/mol. The molecule has 4 rings (SSSR count). The maximum atomic E-state index is 2.66. The Morgan fingerprint density at radius 2 is 1.70 bits per heavy atom. The number of hydrogen-bond donors (Lipinski definition) is 0. The first kappa shape index (κ1) is 12.2. The normalized spacial score (nSPS) is 25.2. The summed E-state index contributed by atoms with van der Waals surface area (Å²) in [7, 11) is 0. The Balaban J connectivity index is 1.54. The summed E-state index contributed by atoms with van der Waals surface area (Å²) in [6, 6.07) is 20.0. The fourth-order valence-electron chi connectivity index (χ4n) is 4.08. The van der Waals surface area contributed by atoms with Crippen LogP contribution in [0.15, 0.2) is 54.6 Å². The first-order valence-electron chi connectivity index (χ1n) is 7.72. The quantitative estimate of drug-likeness (QED) is 0.795. The van der Waals surface area contributed by atoms with Crippen LogP contribution < -0.4 is 0 Å². The van der Waals surface area contributed by atoms with Crippen LogP contribution in [0.5, 0.6) is 0 Å². The second kappa shape index (κ2) is 5.06. The molecule has 2 atom stereocenters. The smallest absolute Gasteiger partial charge is 0.0234 e. The van der Waals surface area contributed by atoms with Gasteiger partial charge in [0.15, 0.2) is 0 Å². The van der Waals surface area contributed by atoms with Crippen molar-refractivity contribution in [3.05, 3.63) is 71.3 Å². The van der Waals surface area contributed by atoms with Gasteiger partial charge in [-0.1, -0.05) is 54.6 Å². The molecule has 0 radical (unpaired) electrons. The van der Waals surface area contributed by atoms with Crippen LogP contribution in [-0.4, -0.2) is 18.0 Å². The molecule has 2 unspecified atom stereocenters. The van der Waals surface area contributed by atoms with Gasteiger partial charge >= 0.3 is 0 Å². The van der Waals surface area contributed by atoms with E-state index in [1.807, 2.05) is 0 Å². The van der Waals surface area contributed by atoms with E-state index in [1.165, 1.54) is 31.5 Å². The summed E-state index contributed by atoms with van der Waals surface area (Å²) >= 11 is 0. The molecule has 20 heavy (non-hydrogen) atoms. The van der Waals surface area contributed by atoms with E-state index in [4.69, 9.17) is 0 Å². The zero-order chi connectivity index (χ0) is 13.4. The van der Waals surface area contributed by atoms with Crippen LogP contribution >= 0.6 is 0 Å². The van der Waals surface area contributed by atoms with E-state index in [0.717, 1.165) is 18.4 Å². The van der Waals surface area contributed by atoms with Gasteiger partial charge in [0.2, 0.25) is 0 Å². The SMILES string of the molecule is c1ccc(CN2CC3Cc4ccccc4C(C3)C2)cc1. The van der Waals surface area contributed by atoms with Crippen LogP contribution in [0.25, 0.3) is 0 Å². The van der Waals surface area contributed by atoms with Gasteiger partial charge in [-0.05, 0) is 41.4 Å². The van der Waals surface area contributed by atoms with Crippen LogP contribution in [0.4, 0.5) is 0 Å². The average molecular weight is 263 g/mol. The number of rotatable bonds is 2. The van der Waals surface area contributed by atoms with Gasteiger partial charge in [-0.3, -0.25) is 4.90 Å². The largest absolute Gasteiger partial charge is 0.298 e. The third-order valence-corrected chi connectivity index (χ3v) is 4.87. The van der Waals surface area contributed by atoms with E-state index in [0.29, 0.717) is 0 Å². The molecule has 1 nitrogen and oxygen atoms in total. The number of fused-ring (bicyclic) bond motifs is 4. The molecule has 1 saturated heterocycles. The van der Waals surface area contributed by atoms with Crippen LogP contribution in [0.3, 0.4) is 0 Å². The Morgan fingerprint density at radius 3 is 2.60 bits per heavy atom.